The maximum Gasteiger partial charge on any atom is 0.0361 e. The van der Waals surface area contributed by atoms with E-state index < -0.39 is 0 Å². The maximum atomic E-state index is 4.13. The van der Waals surface area contributed by atoms with Crippen molar-refractivity contribution < 1.29 is 0 Å². The van der Waals surface area contributed by atoms with Crippen LogP contribution in [-0.4, -0.2) is 18.0 Å². The van der Waals surface area contributed by atoms with Crippen molar-refractivity contribution in [2.45, 2.75) is 53.9 Å². The van der Waals surface area contributed by atoms with Gasteiger partial charge in [0.1, 0.15) is 0 Å². The monoisotopic (exact) mass is 261 g/mol. The van der Waals surface area contributed by atoms with E-state index in [1.54, 1.807) is 0 Å². The molecule has 0 aromatic rings. The van der Waals surface area contributed by atoms with Crippen LogP contribution in [0.3, 0.4) is 0 Å². The Morgan fingerprint density at radius 3 is 2.37 bits per heavy atom. The van der Waals surface area contributed by atoms with Gasteiger partial charge in [-0.3, -0.25) is 0 Å². The first kappa shape index (κ1) is 17.8. The van der Waals surface area contributed by atoms with Crippen LogP contribution in [-0.2, 0) is 0 Å². The van der Waals surface area contributed by atoms with Crippen LogP contribution in [0.2, 0.25) is 0 Å². The van der Waals surface area contributed by atoms with Crippen LogP contribution in [0.5, 0.6) is 0 Å². The summed E-state index contributed by atoms with van der Waals surface area (Å²) in [5.41, 5.74) is 3.98. The molecular formula is C18H31N. The van der Waals surface area contributed by atoms with Gasteiger partial charge in [-0.1, -0.05) is 42.9 Å². The lowest BCUT2D eigenvalue weighted by Gasteiger charge is -2.23. The lowest BCUT2D eigenvalue weighted by Crippen LogP contribution is -2.22. The third-order valence-corrected chi connectivity index (χ3v) is 3.01. The highest BCUT2D eigenvalue weighted by atomic mass is 15.1. The predicted octanol–water partition coefficient (Wildman–Crippen LogP) is 5.48. The van der Waals surface area contributed by atoms with Gasteiger partial charge in [0.05, 0.1) is 0 Å². The molecule has 1 nitrogen and oxygen atoms in total. The summed E-state index contributed by atoms with van der Waals surface area (Å²) in [4.78, 5) is 2.34. The van der Waals surface area contributed by atoms with Crippen LogP contribution in [0.1, 0.15) is 53.9 Å². The summed E-state index contributed by atoms with van der Waals surface area (Å²) in [5, 5.41) is 0. The van der Waals surface area contributed by atoms with E-state index in [-0.39, 0.29) is 0 Å². The third-order valence-electron chi connectivity index (χ3n) is 3.01. The van der Waals surface area contributed by atoms with Crippen molar-refractivity contribution >= 4 is 0 Å². The third kappa shape index (κ3) is 9.35. The Morgan fingerprint density at radius 1 is 1.16 bits per heavy atom. The number of hydrogen-bond donors (Lipinski definition) is 0. The number of allylic oxidation sites excluding steroid dienone is 5. The average Bonchev–Trinajstić information content (AvgIpc) is 2.34. The van der Waals surface area contributed by atoms with Crippen LogP contribution in [0.25, 0.3) is 0 Å². The van der Waals surface area contributed by atoms with Gasteiger partial charge in [0.15, 0.2) is 0 Å². The summed E-state index contributed by atoms with van der Waals surface area (Å²) in [6.45, 7) is 16.9. The largest absolute Gasteiger partial charge is 0.368 e. The quantitative estimate of drug-likeness (QED) is 0.392. The molecule has 0 saturated heterocycles. The molecule has 0 bridgehead atoms. The molecule has 0 N–H and O–H groups in total. The molecule has 0 rings (SSSR count). The van der Waals surface area contributed by atoms with Gasteiger partial charge in [-0.2, -0.15) is 0 Å². The summed E-state index contributed by atoms with van der Waals surface area (Å²) in [5.74, 6) is 0. The molecule has 0 spiro atoms. The fourth-order valence-corrected chi connectivity index (χ4v) is 1.88. The summed E-state index contributed by atoms with van der Waals surface area (Å²) in [6, 6.07) is 0. The van der Waals surface area contributed by atoms with Crippen molar-refractivity contribution in [2.24, 2.45) is 0 Å². The topological polar surface area (TPSA) is 3.24 Å². The standard InChI is InChI=1S/C18H31N/c1-7-10-18(6)19(14-8-2)15-13-17(5)12-9-11-16(3)4/h7,10-11,13H,6,8-9,12,14-15H2,1-5H3/b10-7+,17-13+. The average molecular weight is 261 g/mol. The molecule has 0 aromatic heterocycles. The van der Waals surface area contributed by atoms with E-state index in [9.17, 15) is 0 Å². The lowest BCUT2D eigenvalue weighted by molar-refractivity contribution is 0.391. The minimum atomic E-state index is 0.970. The van der Waals surface area contributed by atoms with E-state index in [1.807, 2.05) is 6.92 Å². The van der Waals surface area contributed by atoms with Gasteiger partial charge in [-0.25, -0.2) is 0 Å². The fraction of sp³-hybridized carbons (Fsp3) is 0.556. The molecule has 0 aliphatic carbocycles. The second-order valence-corrected chi connectivity index (χ2v) is 5.31. The van der Waals surface area contributed by atoms with Gasteiger partial charge in [-0.15, -0.1) is 0 Å². The highest BCUT2D eigenvalue weighted by Gasteiger charge is 2.02. The van der Waals surface area contributed by atoms with E-state index in [2.05, 4.69) is 63.5 Å². The first-order valence-corrected chi connectivity index (χ1v) is 7.36. The predicted molar refractivity (Wildman–Crippen MR) is 88.2 cm³/mol. The van der Waals surface area contributed by atoms with Gasteiger partial charge in [0, 0.05) is 18.8 Å². The summed E-state index contributed by atoms with van der Waals surface area (Å²) in [6.07, 6.45) is 12.2. The minimum Gasteiger partial charge on any atom is -0.368 e. The van der Waals surface area contributed by atoms with Crippen molar-refractivity contribution in [3.63, 3.8) is 0 Å². The highest BCUT2D eigenvalue weighted by molar-refractivity contribution is 5.14. The van der Waals surface area contributed by atoms with Crippen LogP contribution in [0.15, 0.2) is 47.7 Å². The van der Waals surface area contributed by atoms with Crippen LogP contribution in [0.4, 0.5) is 0 Å². The molecule has 0 fully saturated rings. The number of hydrogen-bond acceptors (Lipinski definition) is 1. The van der Waals surface area contributed by atoms with Crippen LogP contribution >= 0.6 is 0 Å². The Kier molecular flexibility index (Phi) is 9.97. The number of rotatable bonds is 9. The van der Waals surface area contributed by atoms with Gasteiger partial charge in [0.25, 0.3) is 0 Å². The Hall–Kier alpha value is -1.24. The lowest BCUT2D eigenvalue weighted by atomic mass is 10.1. The zero-order valence-corrected chi connectivity index (χ0v) is 13.5. The number of nitrogens with zero attached hydrogens (tertiary/aromatic N) is 1. The Morgan fingerprint density at radius 2 is 1.84 bits per heavy atom. The molecule has 108 valence electrons. The van der Waals surface area contributed by atoms with Gasteiger partial charge >= 0.3 is 0 Å². The van der Waals surface area contributed by atoms with Crippen molar-refractivity contribution in [1.29, 1.82) is 0 Å². The van der Waals surface area contributed by atoms with Gasteiger partial charge < -0.3 is 4.90 Å². The highest BCUT2D eigenvalue weighted by Crippen LogP contribution is 2.10. The van der Waals surface area contributed by atoms with Crippen molar-refractivity contribution in [1.82, 2.24) is 4.90 Å². The SMILES string of the molecule is C=C(/C=C/C)N(C/C=C(\C)CCC=C(C)C)CCC. The molecule has 0 amide bonds. The van der Waals surface area contributed by atoms with Crippen LogP contribution < -0.4 is 0 Å². The van der Waals surface area contributed by atoms with Gasteiger partial charge in [-0.05, 0) is 53.0 Å². The smallest absolute Gasteiger partial charge is 0.0361 e. The molecule has 0 heterocycles. The molecule has 19 heavy (non-hydrogen) atoms. The summed E-state index contributed by atoms with van der Waals surface area (Å²) in [7, 11) is 0. The van der Waals surface area contributed by atoms with E-state index in [0.717, 1.165) is 38.0 Å². The molecule has 0 atom stereocenters. The zero-order chi connectivity index (χ0) is 14.7. The maximum absolute atomic E-state index is 4.13. The van der Waals surface area contributed by atoms with Crippen molar-refractivity contribution in [3.05, 3.63) is 47.7 Å². The normalized spacial score (nSPS) is 11.7. The van der Waals surface area contributed by atoms with E-state index >= 15 is 0 Å². The molecule has 0 aromatic carbocycles. The molecule has 0 aliphatic rings. The van der Waals surface area contributed by atoms with E-state index in [0.29, 0.717) is 0 Å². The Labute approximate surface area is 120 Å². The second-order valence-electron chi connectivity index (χ2n) is 5.31. The van der Waals surface area contributed by atoms with Crippen molar-refractivity contribution in [2.75, 3.05) is 13.1 Å². The molecule has 0 unspecified atom stereocenters. The molecule has 0 radical (unpaired) electrons. The van der Waals surface area contributed by atoms with Crippen molar-refractivity contribution in [3.8, 4) is 0 Å². The summed E-state index contributed by atoms with van der Waals surface area (Å²) < 4.78 is 0. The molecule has 0 saturated carbocycles. The molecule has 1 heteroatoms. The van der Waals surface area contributed by atoms with Gasteiger partial charge in [0.2, 0.25) is 0 Å². The van der Waals surface area contributed by atoms with E-state index in [1.165, 1.54) is 11.1 Å². The van der Waals surface area contributed by atoms with Crippen LogP contribution in [0, 0.1) is 0 Å². The minimum absolute atomic E-state index is 0.970. The van der Waals surface area contributed by atoms with E-state index in [4.69, 9.17) is 0 Å². The molecular weight excluding hydrogens is 230 g/mol. The first-order chi connectivity index (χ1) is 9.01. The fourth-order valence-electron chi connectivity index (χ4n) is 1.88. The Bertz CT molecular complexity index is 341. The summed E-state index contributed by atoms with van der Waals surface area (Å²) >= 11 is 0. The Balaban J connectivity index is 4.35. The zero-order valence-electron chi connectivity index (χ0n) is 13.5. The second kappa shape index (κ2) is 10.7. The first-order valence-electron chi connectivity index (χ1n) is 7.36. The molecule has 0 aliphatic heterocycles.